The van der Waals surface area contributed by atoms with Crippen LogP contribution in [0.4, 0.5) is 11.4 Å². The first-order valence-corrected chi connectivity index (χ1v) is 7.60. The minimum Gasteiger partial charge on any atom is -0.385 e. The Bertz CT molecular complexity index is 434. The normalized spacial score (nSPS) is 20.3. The molecule has 19 heavy (non-hydrogen) atoms. The van der Waals surface area contributed by atoms with Crippen molar-refractivity contribution in [1.82, 2.24) is 4.90 Å². The van der Waals surface area contributed by atoms with Gasteiger partial charge in [-0.05, 0) is 50.5 Å². The molecule has 0 radical (unpaired) electrons. The van der Waals surface area contributed by atoms with Crippen molar-refractivity contribution in [2.45, 2.75) is 32.7 Å². The number of anilines is 2. The fourth-order valence-corrected chi connectivity index (χ4v) is 3.15. The second-order valence-electron chi connectivity index (χ2n) is 5.99. The van der Waals surface area contributed by atoms with E-state index >= 15 is 0 Å². The maximum absolute atomic E-state index is 3.49. The summed E-state index contributed by atoms with van der Waals surface area (Å²) in [5.74, 6) is 0. The van der Waals surface area contributed by atoms with E-state index in [1.807, 2.05) is 0 Å². The number of nitrogens with one attached hydrogen (secondary N) is 1. The Hall–Kier alpha value is -1.22. The number of hydrogen-bond acceptors (Lipinski definition) is 3. The number of rotatable bonds is 2. The Morgan fingerprint density at radius 1 is 1.11 bits per heavy atom. The fourth-order valence-electron chi connectivity index (χ4n) is 3.15. The molecule has 1 fully saturated rings. The summed E-state index contributed by atoms with van der Waals surface area (Å²) >= 11 is 0. The van der Waals surface area contributed by atoms with E-state index < -0.39 is 0 Å². The van der Waals surface area contributed by atoms with E-state index in [1.165, 1.54) is 42.9 Å². The van der Waals surface area contributed by atoms with Gasteiger partial charge in [-0.3, -0.25) is 4.90 Å². The molecule has 3 rings (SSSR count). The van der Waals surface area contributed by atoms with Crippen molar-refractivity contribution in [3.63, 3.8) is 0 Å². The van der Waals surface area contributed by atoms with Crippen molar-refractivity contribution >= 4 is 11.4 Å². The summed E-state index contributed by atoms with van der Waals surface area (Å²) in [6.45, 7) is 10.4. The van der Waals surface area contributed by atoms with Crippen LogP contribution in [0.3, 0.4) is 0 Å². The Balaban J connectivity index is 1.70. The summed E-state index contributed by atoms with van der Waals surface area (Å²) in [5.41, 5.74) is 4.25. The number of piperazine rings is 1. The van der Waals surface area contributed by atoms with E-state index in [4.69, 9.17) is 0 Å². The van der Waals surface area contributed by atoms with Crippen LogP contribution < -0.4 is 10.2 Å². The van der Waals surface area contributed by atoms with Crippen LogP contribution in [0.15, 0.2) is 18.2 Å². The molecular weight excluding hydrogens is 234 g/mol. The molecule has 0 spiro atoms. The zero-order chi connectivity index (χ0) is 13.2. The summed E-state index contributed by atoms with van der Waals surface area (Å²) in [6.07, 6.45) is 2.49. The zero-order valence-corrected chi connectivity index (χ0v) is 12.2. The molecule has 2 aliphatic heterocycles. The van der Waals surface area contributed by atoms with E-state index in [-0.39, 0.29) is 0 Å². The van der Waals surface area contributed by atoms with Gasteiger partial charge in [0.05, 0.1) is 0 Å². The Morgan fingerprint density at radius 2 is 1.89 bits per heavy atom. The molecule has 0 aromatic heterocycles. The van der Waals surface area contributed by atoms with Gasteiger partial charge < -0.3 is 10.2 Å². The Kier molecular flexibility index (Phi) is 3.65. The van der Waals surface area contributed by atoms with E-state index in [0.29, 0.717) is 6.04 Å². The third kappa shape index (κ3) is 2.71. The minimum atomic E-state index is 0.676. The first-order chi connectivity index (χ1) is 9.24. The van der Waals surface area contributed by atoms with Gasteiger partial charge in [-0.1, -0.05) is 0 Å². The summed E-state index contributed by atoms with van der Waals surface area (Å²) in [7, 11) is 0. The first-order valence-electron chi connectivity index (χ1n) is 7.60. The lowest BCUT2D eigenvalue weighted by Gasteiger charge is -2.38. The molecule has 0 unspecified atom stereocenters. The molecule has 0 atom stereocenters. The second-order valence-corrected chi connectivity index (χ2v) is 5.99. The number of nitrogens with zero attached hydrogens (tertiary/aromatic N) is 2. The molecule has 2 heterocycles. The molecule has 3 heteroatoms. The van der Waals surface area contributed by atoms with E-state index in [9.17, 15) is 0 Å². The highest BCUT2D eigenvalue weighted by Gasteiger charge is 2.19. The highest BCUT2D eigenvalue weighted by atomic mass is 15.3. The van der Waals surface area contributed by atoms with Crippen molar-refractivity contribution in [2.75, 3.05) is 42.9 Å². The third-order valence-electron chi connectivity index (χ3n) is 4.44. The van der Waals surface area contributed by atoms with E-state index in [1.54, 1.807) is 0 Å². The highest BCUT2D eigenvalue weighted by Crippen LogP contribution is 2.27. The smallest absolute Gasteiger partial charge is 0.0374 e. The standard InChI is InChI=1S/C16H25N3/c1-13(2)18-8-10-19(11-9-18)15-5-6-16-14(12-15)4-3-7-17-16/h5-6,12-13,17H,3-4,7-11H2,1-2H3. The van der Waals surface area contributed by atoms with Gasteiger partial charge in [0.15, 0.2) is 0 Å². The predicted octanol–water partition coefficient (Wildman–Crippen LogP) is 2.58. The molecule has 1 aromatic rings. The number of aryl methyl sites for hydroxylation is 1. The average Bonchev–Trinajstić information content (AvgIpc) is 2.47. The summed E-state index contributed by atoms with van der Waals surface area (Å²) in [6, 6.07) is 7.61. The van der Waals surface area contributed by atoms with Crippen LogP contribution in [-0.4, -0.2) is 43.7 Å². The first kappa shape index (κ1) is 12.8. The molecule has 0 aliphatic carbocycles. The van der Waals surface area contributed by atoms with Crippen LogP contribution in [0, 0.1) is 0 Å². The summed E-state index contributed by atoms with van der Waals surface area (Å²) in [4.78, 5) is 5.10. The minimum absolute atomic E-state index is 0.676. The van der Waals surface area contributed by atoms with Gasteiger partial charge in [0.2, 0.25) is 0 Å². The third-order valence-corrected chi connectivity index (χ3v) is 4.44. The molecule has 1 saturated heterocycles. The maximum Gasteiger partial charge on any atom is 0.0374 e. The monoisotopic (exact) mass is 259 g/mol. The van der Waals surface area contributed by atoms with E-state index in [2.05, 4.69) is 47.2 Å². The van der Waals surface area contributed by atoms with Gasteiger partial charge >= 0.3 is 0 Å². The molecule has 1 aromatic carbocycles. The molecule has 104 valence electrons. The van der Waals surface area contributed by atoms with Gasteiger partial charge in [0, 0.05) is 50.1 Å². The van der Waals surface area contributed by atoms with Crippen LogP contribution >= 0.6 is 0 Å². The number of fused-ring (bicyclic) bond motifs is 1. The molecule has 0 bridgehead atoms. The van der Waals surface area contributed by atoms with Crippen molar-refractivity contribution in [1.29, 1.82) is 0 Å². The molecule has 1 N–H and O–H groups in total. The van der Waals surface area contributed by atoms with Crippen LogP contribution in [0.25, 0.3) is 0 Å². The fraction of sp³-hybridized carbons (Fsp3) is 0.625. The van der Waals surface area contributed by atoms with Crippen molar-refractivity contribution in [3.05, 3.63) is 23.8 Å². The molecular formula is C16H25N3. The lowest BCUT2D eigenvalue weighted by atomic mass is 10.0. The van der Waals surface area contributed by atoms with E-state index in [0.717, 1.165) is 19.6 Å². The molecule has 0 amide bonds. The van der Waals surface area contributed by atoms with Gasteiger partial charge in [0.1, 0.15) is 0 Å². The predicted molar refractivity (Wildman–Crippen MR) is 82.2 cm³/mol. The number of benzene rings is 1. The van der Waals surface area contributed by atoms with Crippen LogP contribution in [0.1, 0.15) is 25.8 Å². The van der Waals surface area contributed by atoms with Gasteiger partial charge in [-0.25, -0.2) is 0 Å². The largest absolute Gasteiger partial charge is 0.385 e. The second kappa shape index (κ2) is 5.41. The average molecular weight is 259 g/mol. The van der Waals surface area contributed by atoms with Crippen LogP contribution in [0.5, 0.6) is 0 Å². The molecule has 2 aliphatic rings. The molecule has 3 nitrogen and oxygen atoms in total. The van der Waals surface area contributed by atoms with Crippen LogP contribution in [0.2, 0.25) is 0 Å². The summed E-state index contributed by atoms with van der Waals surface area (Å²) in [5, 5.41) is 3.49. The maximum atomic E-state index is 3.49. The Morgan fingerprint density at radius 3 is 2.63 bits per heavy atom. The Labute approximate surface area is 116 Å². The quantitative estimate of drug-likeness (QED) is 0.880. The summed E-state index contributed by atoms with van der Waals surface area (Å²) < 4.78 is 0. The topological polar surface area (TPSA) is 18.5 Å². The highest BCUT2D eigenvalue weighted by molar-refractivity contribution is 5.61. The number of hydrogen-bond donors (Lipinski definition) is 1. The van der Waals surface area contributed by atoms with Crippen molar-refractivity contribution in [2.24, 2.45) is 0 Å². The van der Waals surface area contributed by atoms with Gasteiger partial charge in [-0.15, -0.1) is 0 Å². The SMILES string of the molecule is CC(C)N1CCN(c2ccc3c(c2)CCCN3)CC1. The molecule has 0 saturated carbocycles. The van der Waals surface area contributed by atoms with Gasteiger partial charge in [0.25, 0.3) is 0 Å². The zero-order valence-electron chi connectivity index (χ0n) is 12.2. The van der Waals surface area contributed by atoms with Crippen molar-refractivity contribution < 1.29 is 0 Å². The van der Waals surface area contributed by atoms with Crippen LogP contribution in [-0.2, 0) is 6.42 Å². The van der Waals surface area contributed by atoms with Crippen molar-refractivity contribution in [3.8, 4) is 0 Å². The van der Waals surface area contributed by atoms with Gasteiger partial charge in [-0.2, -0.15) is 0 Å². The lowest BCUT2D eigenvalue weighted by Crippen LogP contribution is -2.48. The lowest BCUT2D eigenvalue weighted by molar-refractivity contribution is 0.209.